The second-order valence-electron chi connectivity index (χ2n) is 11.8. The number of fused-ring (bicyclic) bond motifs is 7. The first kappa shape index (κ1) is 24.4. The van der Waals surface area contributed by atoms with Gasteiger partial charge in [-0.1, -0.05) is 133 Å². The van der Waals surface area contributed by atoms with Gasteiger partial charge in [-0.2, -0.15) is 0 Å². The van der Waals surface area contributed by atoms with Crippen LogP contribution in [0.25, 0.3) is 93.5 Å². The molecule has 0 bridgehead atoms. The number of pyridine rings is 1. The lowest BCUT2D eigenvalue weighted by atomic mass is 9.98. The number of hydrogen-bond acceptors (Lipinski definition) is 2. The Labute approximate surface area is 259 Å². The predicted molar refractivity (Wildman–Crippen MR) is 188 cm³/mol. The van der Waals surface area contributed by atoms with E-state index in [1.165, 1.54) is 59.6 Å². The standard InChI is InChI=1S/C42H25N3/c1-2-11-28(12-3-1)42-43-36(25-37(44-42)31-17-8-13-26-10-4-5-15-30(26)31)29-21-22-33-35-23-20-27-14-9-18-34-32-16-6-7-19-38(32)45(39(33)24-29)41(35)40(27)34/h1-25H. The van der Waals surface area contributed by atoms with Gasteiger partial charge in [0.15, 0.2) is 5.82 Å². The molecular formula is C42H25N3. The molecule has 0 radical (unpaired) electrons. The summed E-state index contributed by atoms with van der Waals surface area (Å²) in [4.78, 5) is 10.3. The molecule has 0 aliphatic heterocycles. The lowest BCUT2D eigenvalue weighted by Crippen LogP contribution is -1.96. The van der Waals surface area contributed by atoms with Crippen LogP contribution >= 0.6 is 0 Å². The van der Waals surface area contributed by atoms with Crippen LogP contribution in [0.5, 0.6) is 0 Å². The summed E-state index contributed by atoms with van der Waals surface area (Å²) in [5.74, 6) is 0.721. The molecular weight excluding hydrogens is 546 g/mol. The summed E-state index contributed by atoms with van der Waals surface area (Å²) in [6.45, 7) is 0. The zero-order valence-electron chi connectivity index (χ0n) is 24.3. The molecule has 3 aromatic heterocycles. The third-order valence-electron chi connectivity index (χ3n) is 9.33. The van der Waals surface area contributed by atoms with Gasteiger partial charge in [-0.25, -0.2) is 9.97 Å². The van der Waals surface area contributed by atoms with Gasteiger partial charge < -0.3 is 4.40 Å². The highest BCUT2D eigenvalue weighted by atomic mass is 14.9. The van der Waals surface area contributed by atoms with Gasteiger partial charge in [0.2, 0.25) is 0 Å². The normalized spacial score (nSPS) is 12.0. The lowest BCUT2D eigenvalue weighted by Gasteiger charge is -2.13. The smallest absolute Gasteiger partial charge is 0.160 e. The molecule has 208 valence electrons. The van der Waals surface area contributed by atoms with Crippen LogP contribution in [-0.2, 0) is 0 Å². The van der Waals surface area contributed by atoms with Gasteiger partial charge in [0, 0.05) is 38.2 Å². The molecule has 0 atom stereocenters. The van der Waals surface area contributed by atoms with Crippen LogP contribution in [0, 0.1) is 0 Å². The van der Waals surface area contributed by atoms with Gasteiger partial charge in [-0.15, -0.1) is 0 Å². The fourth-order valence-electron chi connectivity index (χ4n) is 7.30. The quantitative estimate of drug-likeness (QED) is 0.156. The van der Waals surface area contributed by atoms with Crippen molar-refractivity contribution in [1.29, 1.82) is 0 Å². The van der Waals surface area contributed by atoms with E-state index in [4.69, 9.17) is 9.97 Å². The fourth-order valence-corrected chi connectivity index (χ4v) is 7.30. The van der Waals surface area contributed by atoms with E-state index in [1.54, 1.807) is 0 Å². The number of nitrogens with zero attached hydrogens (tertiary/aromatic N) is 3. The molecule has 0 aliphatic carbocycles. The summed E-state index contributed by atoms with van der Waals surface area (Å²) in [7, 11) is 0. The van der Waals surface area contributed by atoms with E-state index in [2.05, 4.69) is 138 Å². The number of benzene rings is 7. The molecule has 3 nitrogen and oxygen atoms in total. The second kappa shape index (κ2) is 9.22. The molecule has 10 aromatic rings. The van der Waals surface area contributed by atoms with Gasteiger partial charge >= 0.3 is 0 Å². The molecule has 3 heterocycles. The first-order valence-electron chi connectivity index (χ1n) is 15.3. The highest BCUT2D eigenvalue weighted by molar-refractivity contribution is 6.28. The van der Waals surface area contributed by atoms with Gasteiger partial charge in [0.05, 0.1) is 27.9 Å². The van der Waals surface area contributed by atoms with E-state index in [9.17, 15) is 0 Å². The molecule has 0 N–H and O–H groups in total. The minimum absolute atomic E-state index is 0.721. The molecule has 7 aromatic carbocycles. The highest BCUT2D eigenvalue weighted by Gasteiger charge is 2.19. The van der Waals surface area contributed by atoms with Crippen LogP contribution in [0.3, 0.4) is 0 Å². The largest absolute Gasteiger partial charge is 0.308 e. The maximum Gasteiger partial charge on any atom is 0.160 e. The van der Waals surface area contributed by atoms with Crippen molar-refractivity contribution in [2.45, 2.75) is 0 Å². The van der Waals surface area contributed by atoms with E-state index in [1.807, 2.05) is 18.2 Å². The number of hydrogen-bond donors (Lipinski definition) is 0. The zero-order valence-corrected chi connectivity index (χ0v) is 24.3. The summed E-state index contributed by atoms with van der Waals surface area (Å²) in [6, 6.07) is 54.1. The van der Waals surface area contributed by atoms with Crippen LogP contribution in [0.2, 0.25) is 0 Å². The maximum absolute atomic E-state index is 5.18. The topological polar surface area (TPSA) is 30.2 Å². The van der Waals surface area contributed by atoms with Crippen LogP contribution < -0.4 is 0 Å². The molecule has 3 heteroatoms. The van der Waals surface area contributed by atoms with Crippen LogP contribution in [0.15, 0.2) is 152 Å². The van der Waals surface area contributed by atoms with E-state index in [-0.39, 0.29) is 0 Å². The van der Waals surface area contributed by atoms with Crippen molar-refractivity contribution in [3.8, 4) is 33.9 Å². The summed E-state index contributed by atoms with van der Waals surface area (Å²) in [6.07, 6.45) is 0. The lowest BCUT2D eigenvalue weighted by molar-refractivity contribution is 1.18. The molecule has 0 amide bonds. The van der Waals surface area contributed by atoms with Crippen LogP contribution in [-0.4, -0.2) is 14.4 Å². The predicted octanol–water partition coefficient (Wildman–Crippen LogP) is 10.9. The second-order valence-corrected chi connectivity index (χ2v) is 11.8. The highest BCUT2D eigenvalue weighted by Crippen LogP contribution is 2.42. The molecule has 0 aliphatic rings. The molecule has 45 heavy (non-hydrogen) atoms. The van der Waals surface area contributed by atoms with Gasteiger partial charge in [0.1, 0.15) is 0 Å². The summed E-state index contributed by atoms with van der Waals surface area (Å²) >= 11 is 0. The van der Waals surface area contributed by atoms with Crippen molar-refractivity contribution < 1.29 is 0 Å². The Balaban J connectivity index is 1.29. The first-order chi connectivity index (χ1) is 22.3. The Morgan fingerprint density at radius 3 is 2.02 bits per heavy atom. The fraction of sp³-hybridized carbons (Fsp3) is 0. The first-order valence-corrected chi connectivity index (χ1v) is 15.3. The van der Waals surface area contributed by atoms with E-state index in [0.717, 1.165) is 33.9 Å². The van der Waals surface area contributed by atoms with E-state index in [0.29, 0.717) is 0 Å². The summed E-state index contributed by atoms with van der Waals surface area (Å²) in [5.41, 5.74) is 8.66. The SMILES string of the molecule is c1ccc(-c2nc(-c3ccc4c5ccc6cccc7c8ccccc8n(c4c3)c5c67)cc(-c3cccc4ccccc34)n2)cc1. The minimum atomic E-state index is 0.721. The average Bonchev–Trinajstić information content (AvgIpc) is 3.46. The Kier molecular flexibility index (Phi) is 5.00. The van der Waals surface area contributed by atoms with Gasteiger partial charge in [0.25, 0.3) is 0 Å². The summed E-state index contributed by atoms with van der Waals surface area (Å²) < 4.78 is 2.46. The van der Waals surface area contributed by atoms with E-state index >= 15 is 0 Å². The Hall–Kier alpha value is -6.06. The van der Waals surface area contributed by atoms with Crippen molar-refractivity contribution in [2.24, 2.45) is 0 Å². The third-order valence-corrected chi connectivity index (χ3v) is 9.33. The molecule has 0 spiro atoms. The Morgan fingerprint density at radius 1 is 0.400 bits per heavy atom. The maximum atomic E-state index is 5.18. The summed E-state index contributed by atoms with van der Waals surface area (Å²) in [5, 5.41) is 10.0. The zero-order chi connectivity index (χ0) is 29.5. The van der Waals surface area contributed by atoms with Crippen molar-refractivity contribution in [3.05, 3.63) is 152 Å². The molecule has 0 fully saturated rings. The van der Waals surface area contributed by atoms with Crippen molar-refractivity contribution in [1.82, 2.24) is 14.4 Å². The van der Waals surface area contributed by atoms with Crippen LogP contribution in [0.1, 0.15) is 0 Å². The van der Waals surface area contributed by atoms with E-state index < -0.39 is 0 Å². The number of rotatable bonds is 3. The van der Waals surface area contributed by atoms with Gasteiger partial charge in [-0.3, -0.25) is 0 Å². The van der Waals surface area contributed by atoms with Crippen molar-refractivity contribution in [3.63, 3.8) is 0 Å². The molecule has 0 unspecified atom stereocenters. The third kappa shape index (κ3) is 3.52. The van der Waals surface area contributed by atoms with Crippen molar-refractivity contribution in [2.75, 3.05) is 0 Å². The molecule has 0 saturated carbocycles. The number of para-hydroxylation sites is 1. The Morgan fingerprint density at radius 2 is 1.09 bits per heavy atom. The molecule has 0 saturated heterocycles. The minimum Gasteiger partial charge on any atom is -0.308 e. The van der Waals surface area contributed by atoms with Gasteiger partial charge in [-0.05, 0) is 39.7 Å². The van der Waals surface area contributed by atoms with Crippen molar-refractivity contribution >= 4 is 59.6 Å². The molecule has 10 rings (SSSR count). The monoisotopic (exact) mass is 571 g/mol. The Bertz CT molecular complexity index is 2750. The number of aromatic nitrogens is 3. The average molecular weight is 572 g/mol. The van der Waals surface area contributed by atoms with Crippen LogP contribution in [0.4, 0.5) is 0 Å².